The van der Waals surface area contributed by atoms with Crippen LogP contribution in [-0.4, -0.2) is 33.7 Å². The van der Waals surface area contributed by atoms with Crippen molar-refractivity contribution in [2.24, 2.45) is 11.8 Å². The van der Waals surface area contributed by atoms with Gasteiger partial charge in [-0.15, -0.1) is 0 Å². The second-order valence-corrected chi connectivity index (χ2v) is 7.60. The first-order valence-electron chi connectivity index (χ1n) is 7.08. The Hall–Kier alpha value is -0.220. The monoisotopic (exact) mass is 271 g/mol. The summed E-state index contributed by atoms with van der Waals surface area (Å²) in [4.78, 5) is 11.8. The van der Waals surface area contributed by atoms with Crippen molar-refractivity contribution >= 4 is 17.7 Å². The third-order valence-corrected chi connectivity index (χ3v) is 5.90. The summed E-state index contributed by atoms with van der Waals surface area (Å²) >= 11 is 1.81. The van der Waals surface area contributed by atoms with Crippen molar-refractivity contribution in [3.05, 3.63) is 0 Å². The molecule has 0 amide bonds. The zero-order valence-electron chi connectivity index (χ0n) is 11.6. The van der Waals surface area contributed by atoms with E-state index in [4.69, 9.17) is 0 Å². The Labute approximate surface area is 114 Å². The Morgan fingerprint density at radius 1 is 1.33 bits per heavy atom. The van der Waals surface area contributed by atoms with E-state index in [1.54, 1.807) is 0 Å². The number of carboxylic acids is 1. The van der Waals surface area contributed by atoms with Crippen LogP contribution in [0.25, 0.3) is 0 Å². The van der Waals surface area contributed by atoms with Crippen LogP contribution in [0, 0.1) is 11.8 Å². The van der Waals surface area contributed by atoms with E-state index >= 15 is 0 Å². The number of rotatable bonds is 8. The molecule has 0 aromatic heterocycles. The molecule has 2 atom stereocenters. The molecule has 104 valence electrons. The minimum atomic E-state index is -0.658. The Kier molecular flexibility index (Phi) is 4.27. The molecule has 2 aliphatic carbocycles. The molecular formula is C14H25NO2S. The molecule has 0 heterocycles. The summed E-state index contributed by atoms with van der Waals surface area (Å²) in [6, 6.07) is 0.455. The second kappa shape index (κ2) is 5.41. The fourth-order valence-electron chi connectivity index (χ4n) is 2.20. The summed E-state index contributed by atoms with van der Waals surface area (Å²) in [5.74, 6) is 1.02. The first-order valence-corrected chi connectivity index (χ1v) is 8.13. The lowest BCUT2D eigenvalue weighted by atomic mass is 9.95. The highest BCUT2D eigenvalue weighted by Crippen LogP contribution is 2.44. The second-order valence-electron chi connectivity index (χ2n) is 6.23. The zero-order chi connectivity index (χ0) is 13.3. The van der Waals surface area contributed by atoms with Crippen LogP contribution in [0.4, 0.5) is 0 Å². The van der Waals surface area contributed by atoms with Crippen LogP contribution in [0.1, 0.15) is 46.5 Å². The van der Waals surface area contributed by atoms with Crippen molar-refractivity contribution < 1.29 is 9.90 Å². The normalized spacial score (nSPS) is 24.9. The van der Waals surface area contributed by atoms with E-state index in [9.17, 15) is 9.90 Å². The van der Waals surface area contributed by atoms with Crippen LogP contribution in [0.3, 0.4) is 0 Å². The lowest BCUT2D eigenvalue weighted by molar-refractivity contribution is -0.145. The smallest absolute Gasteiger partial charge is 0.325 e. The van der Waals surface area contributed by atoms with Crippen LogP contribution in [-0.2, 0) is 4.79 Å². The van der Waals surface area contributed by atoms with Gasteiger partial charge in [0.15, 0.2) is 0 Å². The van der Waals surface area contributed by atoms with Crippen molar-refractivity contribution in [2.75, 3.05) is 5.75 Å². The van der Waals surface area contributed by atoms with Crippen LogP contribution < -0.4 is 5.32 Å². The molecule has 18 heavy (non-hydrogen) atoms. The van der Waals surface area contributed by atoms with Crippen LogP contribution in [0.2, 0.25) is 0 Å². The molecule has 0 radical (unpaired) electrons. The SMILES string of the molecule is CC(C)C(C)SCC(NC1CC1)(C(=O)O)C1CC1. The van der Waals surface area contributed by atoms with Crippen molar-refractivity contribution in [3.8, 4) is 0 Å². The van der Waals surface area contributed by atoms with Gasteiger partial charge in [-0.3, -0.25) is 10.1 Å². The maximum atomic E-state index is 11.8. The number of carboxylic acid groups (broad SMARTS) is 1. The number of thioether (sulfide) groups is 1. The van der Waals surface area contributed by atoms with Crippen molar-refractivity contribution in [1.29, 1.82) is 0 Å². The molecule has 0 aliphatic heterocycles. The van der Waals surface area contributed by atoms with Gasteiger partial charge in [0, 0.05) is 17.0 Å². The van der Waals surface area contributed by atoms with Gasteiger partial charge in [0.25, 0.3) is 0 Å². The molecule has 3 nitrogen and oxygen atoms in total. The third-order valence-electron chi connectivity index (χ3n) is 4.21. The molecule has 2 unspecified atom stereocenters. The Morgan fingerprint density at radius 3 is 2.33 bits per heavy atom. The molecule has 0 aromatic rings. The van der Waals surface area contributed by atoms with E-state index in [2.05, 4.69) is 26.1 Å². The summed E-state index contributed by atoms with van der Waals surface area (Å²) in [6.07, 6.45) is 4.43. The summed E-state index contributed by atoms with van der Waals surface area (Å²) in [5, 5.41) is 13.6. The van der Waals surface area contributed by atoms with E-state index in [-0.39, 0.29) is 0 Å². The van der Waals surface area contributed by atoms with E-state index in [1.807, 2.05) is 11.8 Å². The Balaban J connectivity index is 2.00. The number of hydrogen-bond donors (Lipinski definition) is 2. The maximum absolute atomic E-state index is 11.8. The molecule has 4 heteroatoms. The van der Waals surface area contributed by atoms with Crippen LogP contribution in [0.15, 0.2) is 0 Å². The average molecular weight is 271 g/mol. The predicted octanol–water partition coefficient (Wildman–Crippen LogP) is 2.75. The topological polar surface area (TPSA) is 49.3 Å². The van der Waals surface area contributed by atoms with Gasteiger partial charge in [0.05, 0.1) is 0 Å². The lowest BCUT2D eigenvalue weighted by Crippen LogP contribution is -2.57. The Bertz CT molecular complexity index is 313. The van der Waals surface area contributed by atoms with Gasteiger partial charge in [-0.2, -0.15) is 11.8 Å². The molecule has 2 aliphatic rings. The summed E-state index contributed by atoms with van der Waals surface area (Å²) < 4.78 is 0. The number of hydrogen-bond acceptors (Lipinski definition) is 3. The molecule has 0 saturated heterocycles. The lowest BCUT2D eigenvalue weighted by Gasteiger charge is -2.32. The van der Waals surface area contributed by atoms with Gasteiger partial charge < -0.3 is 5.11 Å². The third kappa shape index (κ3) is 3.21. The maximum Gasteiger partial charge on any atom is 0.325 e. The number of carbonyl (C=O) groups is 1. The zero-order valence-corrected chi connectivity index (χ0v) is 12.4. The van der Waals surface area contributed by atoms with Gasteiger partial charge in [-0.1, -0.05) is 20.8 Å². The fourth-order valence-corrected chi connectivity index (χ4v) is 3.55. The van der Waals surface area contributed by atoms with Crippen molar-refractivity contribution in [1.82, 2.24) is 5.32 Å². The average Bonchev–Trinajstić information content (AvgIpc) is 3.14. The van der Waals surface area contributed by atoms with E-state index in [0.29, 0.717) is 28.9 Å². The van der Waals surface area contributed by atoms with E-state index < -0.39 is 11.5 Å². The minimum Gasteiger partial charge on any atom is -0.480 e. The molecule has 0 aromatic carbocycles. The highest BCUT2D eigenvalue weighted by molar-refractivity contribution is 8.00. The number of aliphatic carboxylic acids is 1. The molecule has 2 rings (SSSR count). The molecular weight excluding hydrogens is 246 g/mol. The first-order chi connectivity index (χ1) is 8.45. The molecule has 2 N–H and O–H groups in total. The molecule has 2 fully saturated rings. The first kappa shape index (κ1) is 14.2. The van der Waals surface area contributed by atoms with Crippen molar-refractivity contribution in [2.45, 2.75) is 63.3 Å². The van der Waals surface area contributed by atoms with Crippen LogP contribution >= 0.6 is 11.8 Å². The molecule has 0 bridgehead atoms. The molecule has 0 spiro atoms. The minimum absolute atomic E-state index is 0.350. The highest BCUT2D eigenvalue weighted by atomic mass is 32.2. The quantitative estimate of drug-likeness (QED) is 0.713. The Morgan fingerprint density at radius 2 is 1.94 bits per heavy atom. The van der Waals surface area contributed by atoms with Gasteiger partial charge in [-0.05, 0) is 37.5 Å². The van der Waals surface area contributed by atoms with Crippen molar-refractivity contribution in [3.63, 3.8) is 0 Å². The molecule has 2 saturated carbocycles. The summed E-state index contributed by atoms with van der Waals surface area (Å²) in [5.41, 5.74) is -0.658. The summed E-state index contributed by atoms with van der Waals surface area (Å²) in [6.45, 7) is 6.60. The van der Waals surface area contributed by atoms with Gasteiger partial charge in [0.2, 0.25) is 0 Å². The highest BCUT2D eigenvalue weighted by Gasteiger charge is 2.53. The van der Waals surface area contributed by atoms with E-state index in [1.165, 1.54) is 0 Å². The van der Waals surface area contributed by atoms with Crippen LogP contribution in [0.5, 0.6) is 0 Å². The van der Waals surface area contributed by atoms with Gasteiger partial charge in [0.1, 0.15) is 5.54 Å². The standard InChI is InChI=1S/C14H25NO2S/c1-9(2)10(3)18-8-14(13(16)17,11-4-5-11)15-12-6-7-12/h9-12,15H,4-8H2,1-3H3,(H,16,17). The van der Waals surface area contributed by atoms with Gasteiger partial charge in [-0.25, -0.2) is 0 Å². The number of nitrogens with one attached hydrogen (secondary N) is 1. The van der Waals surface area contributed by atoms with Gasteiger partial charge >= 0.3 is 5.97 Å². The predicted molar refractivity (Wildman–Crippen MR) is 76.0 cm³/mol. The van der Waals surface area contributed by atoms with E-state index in [0.717, 1.165) is 25.7 Å². The summed E-state index contributed by atoms with van der Waals surface area (Å²) in [7, 11) is 0. The largest absolute Gasteiger partial charge is 0.480 e. The fraction of sp³-hybridized carbons (Fsp3) is 0.929.